The van der Waals surface area contributed by atoms with Crippen molar-refractivity contribution in [3.8, 4) is 0 Å². The molecule has 274 valence electrons. The Morgan fingerprint density at radius 1 is 0.615 bits per heavy atom. The van der Waals surface area contributed by atoms with Crippen LogP contribution in [-0.4, -0.2) is 9.97 Å². The summed E-state index contributed by atoms with van der Waals surface area (Å²) in [4.78, 5) is 10.8. The molecule has 0 N–H and O–H groups in total. The Hall–Kier alpha value is -4.18. The van der Waals surface area contributed by atoms with Crippen LogP contribution in [0.5, 0.6) is 0 Å². The van der Waals surface area contributed by atoms with E-state index in [1.54, 1.807) is 0 Å². The topological polar surface area (TPSA) is 52.1 Å². The molecular formula is C48H60N2O2. The molecule has 52 heavy (non-hydrogen) atoms. The first kappa shape index (κ1) is 37.6. The van der Waals surface area contributed by atoms with Crippen LogP contribution < -0.4 is 0 Å². The molecule has 0 aliphatic heterocycles. The smallest absolute Gasteiger partial charge is 0.215 e. The molecule has 0 fully saturated rings. The van der Waals surface area contributed by atoms with Crippen LogP contribution in [0.2, 0.25) is 0 Å². The minimum atomic E-state index is -0.829. The molecule has 3 aromatic carbocycles. The van der Waals surface area contributed by atoms with E-state index in [1.807, 2.05) is 6.07 Å². The molecule has 4 heteroatoms. The Balaban J connectivity index is 1.60. The lowest BCUT2D eigenvalue weighted by molar-refractivity contribution is 0.363. The number of nitrogens with zero attached hydrogens (tertiary/aromatic N) is 2. The number of hydrogen-bond donors (Lipinski definition) is 0. The molecule has 2 aromatic heterocycles. The molecule has 4 nitrogen and oxygen atoms in total. The van der Waals surface area contributed by atoms with Gasteiger partial charge in [0.15, 0.2) is 11.2 Å². The van der Waals surface area contributed by atoms with Gasteiger partial charge in [0.25, 0.3) is 0 Å². The van der Waals surface area contributed by atoms with Crippen molar-refractivity contribution in [3.63, 3.8) is 0 Å². The molecule has 0 atom stereocenters. The van der Waals surface area contributed by atoms with Gasteiger partial charge in [-0.3, -0.25) is 0 Å². The van der Waals surface area contributed by atoms with Crippen LogP contribution in [0, 0.1) is 0 Å². The van der Waals surface area contributed by atoms with Crippen molar-refractivity contribution in [3.05, 3.63) is 124 Å². The minimum Gasteiger partial charge on any atom is -0.439 e. The minimum absolute atomic E-state index is 0.00375. The van der Waals surface area contributed by atoms with Crippen LogP contribution in [-0.2, 0) is 27.1 Å². The maximum atomic E-state index is 7.05. The average molecular weight is 697 g/mol. The molecule has 1 aliphatic rings. The first-order valence-corrected chi connectivity index (χ1v) is 19.5. The number of fused-ring (bicyclic) bond motifs is 2. The van der Waals surface area contributed by atoms with Gasteiger partial charge in [-0.1, -0.05) is 156 Å². The zero-order valence-electron chi connectivity index (χ0n) is 33.8. The summed E-state index contributed by atoms with van der Waals surface area (Å²) in [6, 6.07) is 19.7. The molecule has 0 unspecified atom stereocenters. The predicted octanol–water partition coefficient (Wildman–Crippen LogP) is 13.6. The highest BCUT2D eigenvalue weighted by molar-refractivity contribution is 5.81. The normalized spacial score (nSPS) is 15.7. The van der Waals surface area contributed by atoms with Crippen molar-refractivity contribution in [2.24, 2.45) is 0 Å². The van der Waals surface area contributed by atoms with E-state index in [0.29, 0.717) is 18.2 Å². The van der Waals surface area contributed by atoms with Crippen LogP contribution in [0.25, 0.3) is 28.3 Å². The van der Waals surface area contributed by atoms with Crippen molar-refractivity contribution in [2.75, 3.05) is 0 Å². The fourth-order valence-electron chi connectivity index (χ4n) is 6.97. The second-order valence-corrected chi connectivity index (χ2v) is 17.7. The van der Waals surface area contributed by atoms with E-state index >= 15 is 0 Å². The Labute approximate surface area is 312 Å². The van der Waals surface area contributed by atoms with Crippen molar-refractivity contribution < 1.29 is 8.83 Å². The van der Waals surface area contributed by atoms with Gasteiger partial charge in [0.2, 0.25) is 11.8 Å². The average Bonchev–Trinajstić information content (AvgIpc) is 3.79. The summed E-state index contributed by atoms with van der Waals surface area (Å²) in [5, 5.41) is 0. The summed E-state index contributed by atoms with van der Waals surface area (Å²) in [5.41, 5.74) is 9.79. The van der Waals surface area contributed by atoms with E-state index in [2.05, 4.69) is 162 Å². The predicted molar refractivity (Wildman–Crippen MR) is 219 cm³/mol. The second kappa shape index (κ2) is 13.7. The van der Waals surface area contributed by atoms with E-state index in [0.717, 1.165) is 53.5 Å². The number of rotatable bonds is 12. The van der Waals surface area contributed by atoms with Crippen molar-refractivity contribution in [1.29, 1.82) is 0 Å². The van der Waals surface area contributed by atoms with E-state index in [1.165, 1.54) is 27.8 Å². The van der Waals surface area contributed by atoms with Crippen molar-refractivity contribution in [2.45, 2.75) is 142 Å². The van der Waals surface area contributed by atoms with Crippen LogP contribution in [0.3, 0.4) is 0 Å². The Bertz CT molecular complexity index is 2050. The number of benzene rings is 3. The van der Waals surface area contributed by atoms with Gasteiger partial charge in [0.05, 0.1) is 0 Å². The molecule has 0 bridgehead atoms. The van der Waals surface area contributed by atoms with Gasteiger partial charge in [-0.05, 0) is 88.2 Å². The molecule has 0 saturated carbocycles. The SMILES string of the molecule is CCC(C)(C)c1cc(C(C)(C)CC)c2oc(C3(c4nc5cc(C(C)(C)CC)cc(C(C)(C)CC)c5o4)C=CC(C=Cc4ccccc4)=CC3)nc2c1. The van der Waals surface area contributed by atoms with Crippen LogP contribution in [0.4, 0.5) is 0 Å². The summed E-state index contributed by atoms with van der Waals surface area (Å²) < 4.78 is 14.1. The molecule has 6 rings (SSSR count). The lowest BCUT2D eigenvalue weighted by Gasteiger charge is -2.28. The third-order valence-electron chi connectivity index (χ3n) is 12.8. The standard InChI is InChI=1S/C48H60N2O2/c1-13-44(5,6)34-28-36(46(9,10)15-3)40-38(30-34)49-42(51-40)48(26-24-33(25-27-48)23-22-32-20-18-17-19-21-32)43-50-39-31-35(45(7,8)14-2)29-37(41(39)52-43)47(11,12)16-4/h17-26,28-31H,13-16,27H2,1-12H3. The summed E-state index contributed by atoms with van der Waals surface area (Å²) in [6.07, 6.45) is 15.6. The van der Waals surface area contributed by atoms with Crippen LogP contribution in [0.15, 0.2) is 93.3 Å². The maximum absolute atomic E-state index is 7.05. The summed E-state index contributed by atoms with van der Waals surface area (Å²) >= 11 is 0. The van der Waals surface area contributed by atoms with E-state index in [4.69, 9.17) is 18.8 Å². The second-order valence-electron chi connectivity index (χ2n) is 17.7. The monoisotopic (exact) mass is 696 g/mol. The van der Waals surface area contributed by atoms with E-state index in [9.17, 15) is 0 Å². The molecule has 0 amide bonds. The zero-order valence-corrected chi connectivity index (χ0v) is 33.8. The summed E-state index contributed by atoms with van der Waals surface area (Å²) in [7, 11) is 0. The van der Waals surface area contributed by atoms with Gasteiger partial charge in [0, 0.05) is 11.1 Å². The number of hydrogen-bond acceptors (Lipinski definition) is 4. The third kappa shape index (κ3) is 6.74. The first-order valence-electron chi connectivity index (χ1n) is 19.5. The highest BCUT2D eigenvalue weighted by Gasteiger charge is 2.44. The highest BCUT2D eigenvalue weighted by Crippen LogP contribution is 2.47. The van der Waals surface area contributed by atoms with Gasteiger partial charge in [-0.25, -0.2) is 9.97 Å². The largest absolute Gasteiger partial charge is 0.439 e. The van der Waals surface area contributed by atoms with Gasteiger partial charge in [0.1, 0.15) is 16.4 Å². The van der Waals surface area contributed by atoms with Crippen LogP contribution >= 0.6 is 0 Å². The fraction of sp³-hybridized carbons (Fsp3) is 0.458. The number of oxazole rings is 2. The number of aromatic nitrogens is 2. The lowest BCUT2D eigenvalue weighted by atomic mass is 9.76. The molecule has 2 heterocycles. The Morgan fingerprint density at radius 3 is 1.48 bits per heavy atom. The summed E-state index contributed by atoms with van der Waals surface area (Å²) in [6.45, 7) is 27.5. The van der Waals surface area contributed by atoms with Gasteiger partial charge in [-0.15, -0.1) is 0 Å². The molecular weight excluding hydrogens is 637 g/mol. The van der Waals surface area contributed by atoms with Crippen molar-refractivity contribution >= 4 is 28.3 Å². The fourth-order valence-corrected chi connectivity index (χ4v) is 6.97. The molecule has 5 aromatic rings. The highest BCUT2D eigenvalue weighted by atomic mass is 16.4. The van der Waals surface area contributed by atoms with Gasteiger partial charge in [-0.2, -0.15) is 0 Å². The lowest BCUT2D eigenvalue weighted by Crippen LogP contribution is -2.27. The first-order chi connectivity index (χ1) is 24.5. The van der Waals surface area contributed by atoms with Crippen LogP contribution in [0.1, 0.15) is 155 Å². The molecule has 0 radical (unpaired) electrons. The summed E-state index contributed by atoms with van der Waals surface area (Å²) in [5.74, 6) is 1.25. The molecule has 0 saturated heterocycles. The third-order valence-corrected chi connectivity index (χ3v) is 12.8. The van der Waals surface area contributed by atoms with Gasteiger partial charge >= 0.3 is 0 Å². The zero-order chi connectivity index (χ0) is 37.7. The molecule has 0 spiro atoms. The van der Waals surface area contributed by atoms with Crippen molar-refractivity contribution in [1.82, 2.24) is 9.97 Å². The van der Waals surface area contributed by atoms with Gasteiger partial charge < -0.3 is 8.83 Å². The quantitative estimate of drug-likeness (QED) is 0.130. The van der Waals surface area contributed by atoms with E-state index < -0.39 is 5.41 Å². The van der Waals surface area contributed by atoms with E-state index in [-0.39, 0.29) is 21.7 Å². The molecule has 1 aliphatic carbocycles. The number of allylic oxidation sites excluding steroid dienone is 5. The Kier molecular flexibility index (Phi) is 9.87. The Morgan fingerprint density at radius 2 is 1.08 bits per heavy atom. The maximum Gasteiger partial charge on any atom is 0.215 e.